The maximum Gasteiger partial charge on any atom is 0.251 e. The third-order valence-electron chi connectivity index (χ3n) is 5.98. The van der Waals surface area contributed by atoms with Crippen molar-refractivity contribution >= 4 is 41.2 Å². The molecule has 4 aromatic carbocycles. The molecule has 4 rings (SSSR count). The summed E-state index contributed by atoms with van der Waals surface area (Å²) in [6, 6.07) is 28.3. The van der Waals surface area contributed by atoms with Crippen LogP contribution in [0.25, 0.3) is 0 Å². The fourth-order valence-corrected chi connectivity index (χ4v) is 4.28. The highest BCUT2D eigenvalue weighted by atomic mass is 35.5. The van der Waals surface area contributed by atoms with Crippen molar-refractivity contribution < 1.29 is 19.1 Å². The van der Waals surface area contributed by atoms with E-state index in [0.29, 0.717) is 39.3 Å². The molecule has 0 saturated heterocycles. The van der Waals surface area contributed by atoms with Gasteiger partial charge in [-0.25, -0.2) is 5.43 Å². The maximum absolute atomic E-state index is 12.8. The molecule has 0 bridgehead atoms. The van der Waals surface area contributed by atoms with Crippen LogP contribution in [0.2, 0.25) is 10.0 Å². The van der Waals surface area contributed by atoms with Crippen molar-refractivity contribution in [3.05, 3.63) is 129 Å². The number of rotatable bonds is 12. The normalized spacial score (nSPS) is 11.6. The van der Waals surface area contributed by atoms with Crippen molar-refractivity contribution in [2.45, 2.75) is 26.0 Å². The van der Waals surface area contributed by atoms with E-state index in [2.05, 4.69) is 15.8 Å². The van der Waals surface area contributed by atoms with Crippen molar-refractivity contribution in [3.8, 4) is 11.5 Å². The molecule has 41 heavy (non-hydrogen) atoms. The molecule has 0 heterocycles. The van der Waals surface area contributed by atoms with Crippen molar-refractivity contribution in [3.63, 3.8) is 0 Å². The van der Waals surface area contributed by atoms with Gasteiger partial charge in [0.2, 0.25) is 5.91 Å². The Morgan fingerprint density at radius 3 is 2.29 bits per heavy atom. The lowest BCUT2D eigenvalue weighted by atomic mass is 10.0. The molecule has 0 radical (unpaired) electrons. The van der Waals surface area contributed by atoms with Gasteiger partial charge in [-0.2, -0.15) is 5.10 Å². The van der Waals surface area contributed by atoms with Gasteiger partial charge in [-0.1, -0.05) is 77.8 Å². The number of benzene rings is 4. The van der Waals surface area contributed by atoms with Crippen LogP contribution in [0.4, 0.5) is 0 Å². The van der Waals surface area contributed by atoms with Gasteiger partial charge in [0.25, 0.3) is 5.91 Å². The zero-order valence-electron chi connectivity index (χ0n) is 22.3. The number of halogens is 2. The zero-order chi connectivity index (χ0) is 29.0. The Kier molecular flexibility index (Phi) is 10.8. The third-order valence-corrected chi connectivity index (χ3v) is 6.72. The first-order valence-corrected chi connectivity index (χ1v) is 13.7. The highest BCUT2D eigenvalue weighted by Crippen LogP contribution is 2.30. The van der Waals surface area contributed by atoms with Gasteiger partial charge in [0.15, 0.2) is 11.5 Å². The van der Waals surface area contributed by atoms with Crippen LogP contribution in [0, 0.1) is 0 Å². The lowest BCUT2D eigenvalue weighted by Gasteiger charge is -2.18. The van der Waals surface area contributed by atoms with Crippen LogP contribution in [0.5, 0.6) is 11.5 Å². The zero-order valence-corrected chi connectivity index (χ0v) is 23.9. The average Bonchev–Trinajstić information content (AvgIpc) is 2.99. The lowest BCUT2D eigenvalue weighted by Crippen LogP contribution is -2.32. The Hall–Kier alpha value is -4.33. The smallest absolute Gasteiger partial charge is 0.251 e. The minimum atomic E-state index is -0.532. The quantitative estimate of drug-likeness (QED) is 0.138. The second kappa shape index (κ2) is 14.9. The lowest BCUT2D eigenvalue weighted by molar-refractivity contribution is -0.121. The summed E-state index contributed by atoms with van der Waals surface area (Å²) in [6.45, 7) is 2.60. The van der Waals surface area contributed by atoms with Gasteiger partial charge in [0, 0.05) is 5.56 Å². The van der Waals surface area contributed by atoms with Gasteiger partial charge in [-0.15, -0.1) is 0 Å². The van der Waals surface area contributed by atoms with E-state index in [4.69, 9.17) is 32.7 Å². The first-order chi connectivity index (χ1) is 19.9. The van der Waals surface area contributed by atoms with Gasteiger partial charge in [0.05, 0.1) is 35.3 Å². The van der Waals surface area contributed by atoms with E-state index in [-0.39, 0.29) is 24.8 Å². The number of carbonyl (C=O) groups is 2. The predicted octanol–water partition coefficient (Wildman–Crippen LogP) is 6.98. The van der Waals surface area contributed by atoms with Gasteiger partial charge in [-0.3, -0.25) is 9.59 Å². The Morgan fingerprint density at radius 1 is 0.854 bits per heavy atom. The maximum atomic E-state index is 12.8. The summed E-state index contributed by atoms with van der Waals surface area (Å²) >= 11 is 12.1. The summed E-state index contributed by atoms with van der Waals surface area (Å²) in [5, 5.41) is 8.00. The van der Waals surface area contributed by atoms with Crippen LogP contribution >= 0.6 is 23.2 Å². The van der Waals surface area contributed by atoms with Gasteiger partial charge in [0.1, 0.15) is 6.61 Å². The number of carbonyl (C=O) groups excluding carboxylic acids is 2. The van der Waals surface area contributed by atoms with Crippen LogP contribution in [-0.2, 0) is 11.4 Å². The fourth-order valence-electron chi connectivity index (χ4n) is 3.96. The molecular formula is C32H29Cl2N3O4. The highest BCUT2D eigenvalue weighted by Gasteiger charge is 2.19. The molecule has 210 valence electrons. The number of hydrogen-bond donors (Lipinski definition) is 2. The molecule has 0 fully saturated rings. The second-order valence-electron chi connectivity index (χ2n) is 8.98. The molecule has 0 aliphatic rings. The van der Waals surface area contributed by atoms with Crippen LogP contribution in [0.3, 0.4) is 0 Å². The summed E-state index contributed by atoms with van der Waals surface area (Å²) in [4.78, 5) is 25.6. The van der Waals surface area contributed by atoms with Crippen molar-refractivity contribution in [1.29, 1.82) is 0 Å². The summed E-state index contributed by atoms with van der Waals surface area (Å²) in [7, 11) is 0. The van der Waals surface area contributed by atoms with E-state index in [1.54, 1.807) is 54.6 Å². The molecular weight excluding hydrogens is 561 g/mol. The number of amides is 2. The Morgan fingerprint density at radius 2 is 1.59 bits per heavy atom. The predicted molar refractivity (Wildman–Crippen MR) is 162 cm³/mol. The molecule has 0 unspecified atom stereocenters. The van der Waals surface area contributed by atoms with E-state index in [1.807, 2.05) is 49.4 Å². The highest BCUT2D eigenvalue weighted by molar-refractivity contribution is 6.42. The molecule has 2 N–H and O–H groups in total. The van der Waals surface area contributed by atoms with Crippen LogP contribution in [0.1, 0.15) is 46.4 Å². The summed E-state index contributed by atoms with van der Waals surface area (Å²) in [5.74, 6) is 0.477. The number of hydrazone groups is 1. The monoisotopic (exact) mass is 589 g/mol. The molecule has 9 heteroatoms. The van der Waals surface area contributed by atoms with Crippen molar-refractivity contribution in [1.82, 2.24) is 10.7 Å². The van der Waals surface area contributed by atoms with E-state index >= 15 is 0 Å². The molecule has 1 atom stereocenters. The Labute approximate surface area is 249 Å². The van der Waals surface area contributed by atoms with Crippen molar-refractivity contribution in [2.75, 3.05) is 6.61 Å². The summed E-state index contributed by atoms with van der Waals surface area (Å²) in [5.41, 5.74) is 5.45. The number of ether oxygens (including phenoxy) is 2. The summed E-state index contributed by atoms with van der Waals surface area (Å²) < 4.78 is 11.7. The fraction of sp³-hybridized carbons (Fsp3) is 0.156. The number of nitrogens with one attached hydrogen (secondary N) is 2. The van der Waals surface area contributed by atoms with Gasteiger partial charge >= 0.3 is 0 Å². The van der Waals surface area contributed by atoms with E-state index in [1.165, 1.54) is 6.21 Å². The minimum Gasteiger partial charge on any atom is -0.490 e. The standard InChI is InChI=1S/C32H29Cl2N3O4/c1-2-40-30-18-22(14-16-29(30)41-21-23-13-15-26(33)27(34)17-23)20-35-37-31(38)19-28(24-9-5-3-6-10-24)36-32(39)25-11-7-4-8-12-25/h3-18,20,28H,2,19,21H2,1H3,(H,36,39)(H,37,38)/b35-20-/t28-/m1/s1. The molecule has 0 saturated carbocycles. The summed E-state index contributed by atoms with van der Waals surface area (Å²) in [6.07, 6.45) is 1.52. The van der Waals surface area contributed by atoms with Gasteiger partial charge in [-0.05, 0) is 66.1 Å². The molecule has 2 amide bonds. The van der Waals surface area contributed by atoms with Crippen LogP contribution < -0.4 is 20.2 Å². The molecule has 7 nitrogen and oxygen atoms in total. The molecule has 0 aliphatic heterocycles. The van der Waals surface area contributed by atoms with E-state index < -0.39 is 6.04 Å². The SMILES string of the molecule is CCOc1cc(/C=N\NC(=O)C[C@@H](NC(=O)c2ccccc2)c2ccccc2)ccc1OCc1ccc(Cl)c(Cl)c1. The van der Waals surface area contributed by atoms with E-state index in [0.717, 1.165) is 11.1 Å². The number of hydrogen-bond acceptors (Lipinski definition) is 5. The first-order valence-electron chi connectivity index (χ1n) is 13.0. The van der Waals surface area contributed by atoms with Gasteiger partial charge < -0.3 is 14.8 Å². The molecule has 4 aromatic rings. The number of nitrogens with zero attached hydrogens (tertiary/aromatic N) is 1. The van der Waals surface area contributed by atoms with Crippen LogP contribution in [0.15, 0.2) is 102 Å². The topological polar surface area (TPSA) is 89.0 Å². The Bertz CT molecular complexity index is 1500. The van der Waals surface area contributed by atoms with Crippen LogP contribution in [-0.4, -0.2) is 24.6 Å². The minimum absolute atomic E-state index is 0.00557. The first kappa shape index (κ1) is 29.6. The average molecular weight is 591 g/mol. The molecule has 0 aromatic heterocycles. The molecule has 0 spiro atoms. The van der Waals surface area contributed by atoms with Crippen molar-refractivity contribution in [2.24, 2.45) is 5.10 Å². The van der Waals surface area contributed by atoms with E-state index in [9.17, 15) is 9.59 Å². The largest absolute Gasteiger partial charge is 0.490 e. The molecule has 0 aliphatic carbocycles. The second-order valence-corrected chi connectivity index (χ2v) is 9.79. The Balaban J connectivity index is 1.38. The third kappa shape index (κ3) is 8.83.